The molecule has 1 aromatic carbocycles. The Kier molecular flexibility index (Phi) is 2.68. The molecule has 2 nitrogen and oxygen atoms in total. The molecular weight excluding hydrogens is 200 g/mol. The van der Waals surface area contributed by atoms with Gasteiger partial charge in [-0.2, -0.15) is 0 Å². The van der Waals surface area contributed by atoms with E-state index >= 15 is 0 Å². The smallest absolute Gasteiger partial charge is 0.168 e. The monoisotopic (exact) mass is 211 g/mol. The topological polar surface area (TPSA) is 21.3 Å². The van der Waals surface area contributed by atoms with E-state index in [1.54, 1.807) is 6.08 Å². The Hall–Kier alpha value is -1.42. The minimum Gasteiger partial charge on any atom is -0.488 e. The highest BCUT2D eigenvalue weighted by Crippen LogP contribution is 2.26. The van der Waals surface area contributed by atoms with Crippen molar-refractivity contribution in [2.24, 2.45) is 0 Å². The van der Waals surface area contributed by atoms with E-state index in [1.165, 1.54) is 6.07 Å². The quantitative estimate of drug-likeness (QED) is 0.717. The summed E-state index contributed by atoms with van der Waals surface area (Å²) in [5.74, 6) is -1.11. The first-order valence-electron chi connectivity index (χ1n) is 4.67. The molecule has 4 heteroatoms. The lowest BCUT2D eigenvalue weighted by Crippen LogP contribution is -2.29. The molecule has 1 N–H and O–H groups in total. The molecule has 0 saturated carbocycles. The van der Waals surface area contributed by atoms with Gasteiger partial charge < -0.3 is 10.1 Å². The van der Waals surface area contributed by atoms with Crippen LogP contribution < -0.4 is 10.1 Å². The molecule has 1 atom stereocenters. The van der Waals surface area contributed by atoms with Gasteiger partial charge in [0.2, 0.25) is 0 Å². The number of hydrogen-bond acceptors (Lipinski definition) is 2. The molecule has 0 fully saturated rings. The Morgan fingerprint density at radius 2 is 2.27 bits per heavy atom. The highest BCUT2D eigenvalue weighted by Gasteiger charge is 2.18. The molecular formula is C11H11F2NO. The van der Waals surface area contributed by atoms with E-state index in [4.69, 9.17) is 4.74 Å². The van der Waals surface area contributed by atoms with Crippen molar-refractivity contribution in [3.63, 3.8) is 0 Å². The van der Waals surface area contributed by atoms with E-state index in [9.17, 15) is 8.78 Å². The molecule has 0 bridgehead atoms. The Bertz CT molecular complexity index is 392. The lowest BCUT2D eigenvalue weighted by molar-refractivity contribution is 0.286. The first-order valence-corrected chi connectivity index (χ1v) is 4.67. The summed E-state index contributed by atoms with van der Waals surface area (Å²) in [6, 6.07) is 2.06. The van der Waals surface area contributed by atoms with Crippen molar-refractivity contribution in [1.29, 1.82) is 0 Å². The number of halogens is 2. The average molecular weight is 211 g/mol. The molecule has 0 aliphatic carbocycles. The molecule has 1 aliphatic heterocycles. The number of ether oxygens (including phenoxy) is 1. The van der Waals surface area contributed by atoms with E-state index in [1.807, 2.05) is 0 Å². The van der Waals surface area contributed by atoms with Gasteiger partial charge in [0.05, 0.1) is 6.04 Å². The summed E-state index contributed by atoms with van der Waals surface area (Å²) in [4.78, 5) is 0. The van der Waals surface area contributed by atoms with Crippen LogP contribution in [0.1, 0.15) is 5.56 Å². The fraction of sp³-hybridized carbons (Fsp3) is 0.273. The number of hydrogen-bond donors (Lipinski definition) is 1. The minimum atomic E-state index is -0.656. The summed E-state index contributed by atoms with van der Waals surface area (Å²) in [5.41, 5.74) is 0.497. The van der Waals surface area contributed by atoms with Gasteiger partial charge in [0.15, 0.2) is 11.6 Å². The van der Waals surface area contributed by atoms with Gasteiger partial charge in [-0.3, -0.25) is 0 Å². The van der Waals surface area contributed by atoms with Crippen molar-refractivity contribution in [2.45, 2.75) is 12.6 Å². The molecule has 0 aromatic heterocycles. The number of rotatable bonds is 1. The van der Waals surface area contributed by atoms with Crippen molar-refractivity contribution < 1.29 is 13.5 Å². The molecule has 1 heterocycles. The van der Waals surface area contributed by atoms with Crippen LogP contribution in [0.4, 0.5) is 8.78 Å². The largest absolute Gasteiger partial charge is 0.488 e. The highest BCUT2D eigenvalue weighted by molar-refractivity contribution is 5.36. The predicted octanol–water partition coefficient (Wildman–Crippen LogP) is 2.00. The molecule has 80 valence electrons. The van der Waals surface area contributed by atoms with Crippen LogP contribution >= 0.6 is 0 Å². The van der Waals surface area contributed by atoms with Gasteiger partial charge in [-0.05, 0) is 6.07 Å². The van der Waals surface area contributed by atoms with Gasteiger partial charge in [0, 0.05) is 18.2 Å². The van der Waals surface area contributed by atoms with Crippen LogP contribution in [0.3, 0.4) is 0 Å². The highest BCUT2D eigenvalue weighted by atomic mass is 19.1. The maximum absolute atomic E-state index is 13.3. The zero-order chi connectivity index (χ0) is 10.8. The Morgan fingerprint density at radius 1 is 1.47 bits per heavy atom. The molecule has 0 amide bonds. The lowest BCUT2D eigenvalue weighted by Gasteiger charge is -2.09. The van der Waals surface area contributed by atoms with Crippen LogP contribution in [0.2, 0.25) is 0 Å². The van der Waals surface area contributed by atoms with E-state index in [0.717, 1.165) is 6.07 Å². The van der Waals surface area contributed by atoms with Gasteiger partial charge in [0.25, 0.3) is 0 Å². The van der Waals surface area contributed by atoms with E-state index in [-0.39, 0.29) is 11.8 Å². The zero-order valence-corrected chi connectivity index (χ0v) is 8.09. The average Bonchev–Trinajstić information content (AvgIpc) is 2.40. The summed E-state index contributed by atoms with van der Waals surface area (Å²) >= 11 is 0. The Labute approximate surface area is 86.6 Å². The van der Waals surface area contributed by atoms with E-state index in [2.05, 4.69) is 11.9 Å². The van der Waals surface area contributed by atoms with Crippen LogP contribution in [0.5, 0.6) is 5.75 Å². The van der Waals surface area contributed by atoms with Crippen molar-refractivity contribution in [3.8, 4) is 5.75 Å². The molecule has 0 saturated heterocycles. The second kappa shape index (κ2) is 3.98. The third-order valence-corrected chi connectivity index (χ3v) is 2.33. The van der Waals surface area contributed by atoms with Crippen molar-refractivity contribution in [2.75, 3.05) is 6.61 Å². The van der Waals surface area contributed by atoms with Crippen LogP contribution in [0.15, 0.2) is 24.8 Å². The normalized spacial score (nSPS) is 20.0. The van der Waals surface area contributed by atoms with E-state index < -0.39 is 11.6 Å². The molecule has 1 aromatic rings. The van der Waals surface area contributed by atoms with Crippen molar-refractivity contribution in [3.05, 3.63) is 42.0 Å². The maximum Gasteiger partial charge on any atom is 0.168 e. The molecule has 0 spiro atoms. The molecule has 0 radical (unpaired) electrons. The van der Waals surface area contributed by atoms with Crippen molar-refractivity contribution in [1.82, 2.24) is 5.32 Å². The first-order chi connectivity index (χ1) is 7.20. The standard InChI is InChI=1S/C11H11F2NO/c1-2-9-6-15-11-7(5-14-9)3-8(12)4-10(11)13/h2-4,9,14H,1,5-6H2/t9-/m1/s1. The fourth-order valence-corrected chi connectivity index (χ4v) is 1.53. The Morgan fingerprint density at radius 3 is 3.00 bits per heavy atom. The minimum absolute atomic E-state index is 0.0418. The summed E-state index contributed by atoms with van der Waals surface area (Å²) in [7, 11) is 0. The maximum atomic E-state index is 13.3. The van der Waals surface area contributed by atoms with Gasteiger partial charge in [-0.25, -0.2) is 8.78 Å². The van der Waals surface area contributed by atoms with Crippen molar-refractivity contribution >= 4 is 0 Å². The van der Waals surface area contributed by atoms with Crippen LogP contribution in [-0.4, -0.2) is 12.6 Å². The number of fused-ring (bicyclic) bond motifs is 1. The van der Waals surface area contributed by atoms with Crippen LogP contribution in [0, 0.1) is 11.6 Å². The van der Waals surface area contributed by atoms with Gasteiger partial charge in [0.1, 0.15) is 12.4 Å². The molecule has 0 unspecified atom stereocenters. The molecule has 15 heavy (non-hydrogen) atoms. The zero-order valence-electron chi connectivity index (χ0n) is 8.09. The summed E-state index contributed by atoms with van der Waals surface area (Å²) in [6.07, 6.45) is 1.68. The molecule has 1 aliphatic rings. The third kappa shape index (κ3) is 1.99. The third-order valence-electron chi connectivity index (χ3n) is 2.33. The fourth-order valence-electron chi connectivity index (χ4n) is 1.53. The summed E-state index contributed by atoms with van der Waals surface area (Å²) < 4.78 is 31.5. The number of benzene rings is 1. The van der Waals surface area contributed by atoms with Gasteiger partial charge in [-0.15, -0.1) is 6.58 Å². The summed E-state index contributed by atoms with van der Waals surface area (Å²) in [5, 5.41) is 3.07. The first kappa shape index (κ1) is 10.1. The predicted molar refractivity (Wildman–Crippen MR) is 52.7 cm³/mol. The van der Waals surface area contributed by atoms with Crippen LogP contribution in [0.25, 0.3) is 0 Å². The van der Waals surface area contributed by atoms with Crippen LogP contribution in [-0.2, 0) is 6.54 Å². The van der Waals surface area contributed by atoms with Gasteiger partial charge >= 0.3 is 0 Å². The summed E-state index contributed by atoms with van der Waals surface area (Å²) in [6.45, 7) is 4.30. The molecule has 2 rings (SSSR count). The van der Waals surface area contributed by atoms with Gasteiger partial charge in [-0.1, -0.05) is 6.08 Å². The Balaban J connectivity index is 2.34. The SMILES string of the molecule is C=C[C@@H]1COc2c(F)cc(F)cc2CN1. The second-order valence-corrected chi connectivity index (χ2v) is 3.41. The number of nitrogens with one attached hydrogen (secondary N) is 1. The second-order valence-electron chi connectivity index (χ2n) is 3.41. The van der Waals surface area contributed by atoms with E-state index in [0.29, 0.717) is 18.7 Å². The lowest BCUT2D eigenvalue weighted by atomic mass is 10.2.